The number of hydrogen-bond donors (Lipinski definition) is 1. The molecule has 1 N–H and O–H groups in total. The zero-order valence-electron chi connectivity index (χ0n) is 20.6. The topological polar surface area (TPSA) is 103 Å². The molecule has 192 valence electrons. The normalized spacial score (nSPS) is 16.4. The van der Waals surface area contributed by atoms with Gasteiger partial charge in [0.05, 0.1) is 25.8 Å². The van der Waals surface area contributed by atoms with E-state index in [4.69, 9.17) is 18.9 Å². The van der Waals surface area contributed by atoms with E-state index in [1.54, 1.807) is 55.6 Å². The number of benzene rings is 3. The molecule has 0 bridgehead atoms. The number of amides is 2. The van der Waals surface area contributed by atoms with E-state index < -0.39 is 24.1 Å². The number of nitrogens with zero attached hydrogens (tertiary/aromatic N) is 1. The summed E-state index contributed by atoms with van der Waals surface area (Å²) in [6.45, 7) is 0.145. The standard InChI is InChI=1S/C28H28N2O7/c1-34-22-14-13-21(24(15-22)35-2)16-30-23(18-36-27(32)20-11-7-4-8-12-20)25(26(30)31)29-28(33)37-17-19-9-5-3-6-10-19/h3-15,23,25H,16-18H2,1-2H3,(H,29,33). The molecule has 1 heterocycles. The number of hydrogen-bond acceptors (Lipinski definition) is 7. The lowest BCUT2D eigenvalue weighted by Crippen LogP contribution is -2.71. The van der Waals surface area contributed by atoms with Crippen LogP contribution < -0.4 is 14.8 Å². The summed E-state index contributed by atoms with van der Waals surface area (Å²) in [6.07, 6.45) is -0.733. The number of carbonyl (C=O) groups is 3. The maximum atomic E-state index is 13.1. The van der Waals surface area contributed by atoms with E-state index in [0.717, 1.165) is 11.1 Å². The first-order valence-corrected chi connectivity index (χ1v) is 11.7. The summed E-state index contributed by atoms with van der Waals surface area (Å²) in [7, 11) is 3.08. The van der Waals surface area contributed by atoms with Gasteiger partial charge in [-0.2, -0.15) is 0 Å². The quantitative estimate of drug-likeness (QED) is 0.333. The van der Waals surface area contributed by atoms with Gasteiger partial charge in [0.15, 0.2) is 0 Å². The molecule has 0 aliphatic carbocycles. The van der Waals surface area contributed by atoms with Crippen LogP contribution in [0.2, 0.25) is 0 Å². The number of esters is 1. The van der Waals surface area contributed by atoms with E-state index in [-0.39, 0.29) is 25.7 Å². The molecule has 3 aromatic carbocycles. The lowest BCUT2D eigenvalue weighted by atomic mass is 9.94. The van der Waals surface area contributed by atoms with Crippen molar-refractivity contribution in [1.29, 1.82) is 0 Å². The van der Waals surface area contributed by atoms with Crippen LogP contribution in [0.4, 0.5) is 4.79 Å². The molecule has 9 heteroatoms. The lowest BCUT2D eigenvalue weighted by Gasteiger charge is -2.46. The molecule has 0 aromatic heterocycles. The molecule has 37 heavy (non-hydrogen) atoms. The summed E-state index contributed by atoms with van der Waals surface area (Å²) in [5.41, 5.74) is 1.95. The van der Waals surface area contributed by atoms with Crippen LogP contribution in [-0.4, -0.2) is 55.8 Å². The van der Waals surface area contributed by atoms with Crippen molar-refractivity contribution in [2.45, 2.75) is 25.2 Å². The van der Waals surface area contributed by atoms with Crippen LogP contribution in [0.1, 0.15) is 21.5 Å². The summed E-state index contributed by atoms with van der Waals surface area (Å²) in [5, 5.41) is 2.62. The summed E-state index contributed by atoms with van der Waals surface area (Å²) >= 11 is 0. The third-order valence-electron chi connectivity index (χ3n) is 6.05. The van der Waals surface area contributed by atoms with Gasteiger partial charge in [-0.05, 0) is 29.8 Å². The number of carbonyl (C=O) groups excluding carboxylic acids is 3. The molecular formula is C28H28N2O7. The fraction of sp³-hybridized carbons (Fsp3) is 0.250. The van der Waals surface area contributed by atoms with Crippen LogP contribution >= 0.6 is 0 Å². The summed E-state index contributed by atoms with van der Waals surface area (Å²) in [5.74, 6) is 0.318. The van der Waals surface area contributed by atoms with Crippen molar-refractivity contribution in [3.8, 4) is 11.5 Å². The highest BCUT2D eigenvalue weighted by Crippen LogP contribution is 2.30. The molecule has 0 radical (unpaired) electrons. The molecule has 9 nitrogen and oxygen atoms in total. The minimum atomic E-state index is -0.906. The summed E-state index contributed by atoms with van der Waals surface area (Å²) in [4.78, 5) is 39.6. The zero-order valence-corrected chi connectivity index (χ0v) is 20.6. The Balaban J connectivity index is 1.45. The first-order valence-electron chi connectivity index (χ1n) is 11.7. The number of rotatable bonds is 10. The van der Waals surface area contributed by atoms with Crippen LogP contribution in [0.3, 0.4) is 0 Å². The van der Waals surface area contributed by atoms with Crippen molar-refractivity contribution in [2.75, 3.05) is 20.8 Å². The number of ether oxygens (including phenoxy) is 4. The highest BCUT2D eigenvalue weighted by Gasteiger charge is 2.49. The minimum absolute atomic E-state index is 0.0635. The maximum Gasteiger partial charge on any atom is 0.408 e. The summed E-state index contributed by atoms with van der Waals surface area (Å²) < 4.78 is 21.5. The Kier molecular flexibility index (Phi) is 8.25. The van der Waals surface area contributed by atoms with E-state index in [9.17, 15) is 14.4 Å². The van der Waals surface area contributed by atoms with Gasteiger partial charge < -0.3 is 29.2 Å². The molecule has 3 aromatic rings. The molecule has 1 saturated heterocycles. The van der Waals surface area contributed by atoms with Gasteiger partial charge in [0.25, 0.3) is 0 Å². The monoisotopic (exact) mass is 504 g/mol. The highest BCUT2D eigenvalue weighted by molar-refractivity contribution is 5.93. The molecule has 4 rings (SSSR count). The molecular weight excluding hydrogens is 476 g/mol. The number of alkyl carbamates (subject to hydrolysis) is 1. The maximum absolute atomic E-state index is 13.1. The van der Waals surface area contributed by atoms with Crippen LogP contribution in [0.25, 0.3) is 0 Å². The molecule has 2 unspecified atom stereocenters. The molecule has 1 fully saturated rings. The fourth-order valence-electron chi connectivity index (χ4n) is 4.02. The van der Waals surface area contributed by atoms with Crippen molar-refractivity contribution in [3.05, 3.63) is 95.6 Å². The SMILES string of the molecule is COc1ccc(CN2C(=O)C(NC(=O)OCc3ccccc3)C2COC(=O)c2ccccc2)c(OC)c1. The van der Waals surface area contributed by atoms with Crippen molar-refractivity contribution < 1.29 is 33.3 Å². The van der Waals surface area contributed by atoms with E-state index in [1.807, 2.05) is 30.3 Å². The average molecular weight is 505 g/mol. The van der Waals surface area contributed by atoms with E-state index >= 15 is 0 Å². The van der Waals surface area contributed by atoms with Gasteiger partial charge in [-0.25, -0.2) is 9.59 Å². The van der Waals surface area contributed by atoms with Crippen molar-refractivity contribution >= 4 is 18.0 Å². The Labute approximate surface area is 214 Å². The molecule has 1 aliphatic rings. The second-order valence-electron chi connectivity index (χ2n) is 8.36. The van der Waals surface area contributed by atoms with Crippen LogP contribution in [0, 0.1) is 0 Å². The lowest BCUT2D eigenvalue weighted by molar-refractivity contribution is -0.154. The highest BCUT2D eigenvalue weighted by atomic mass is 16.6. The largest absolute Gasteiger partial charge is 0.497 e. The number of nitrogens with one attached hydrogen (secondary N) is 1. The Morgan fingerprint density at radius 3 is 2.27 bits per heavy atom. The van der Waals surface area contributed by atoms with Crippen LogP contribution in [0.15, 0.2) is 78.9 Å². The van der Waals surface area contributed by atoms with Crippen LogP contribution in [0.5, 0.6) is 11.5 Å². The van der Waals surface area contributed by atoms with Crippen molar-refractivity contribution in [1.82, 2.24) is 10.2 Å². The Morgan fingerprint density at radius 1 is 0.892 bits per heavy atom. The van der Waals surface area contributed by atoms with Gasteiger partial charge in [0.1, 0.15) is 30.8 Å². The fourth-order valence-corrected chi connectivity index (χ4v) is 4.02. The Hall–Kier alpha value is -4.53. The number of likely N-dealkylation sites (tertiary alicyclic amines) is 1. The first kappa shape index (κ1) is 25.6. The van der Waals surface area contributed by atoms with Gasteiger partial charge >= 0.3 is 12.1 Å². The molecule has 0 spiro atoms. The van der Waals surface area contributed by atoms with Crippen LogP contribution in [-0.2, 0) is 27.4 Å². The summed E-state index contributed by atoms with van der Waals surface area (Å²) in [6, 6.07) is 21.5. The molecule has 2 amide bonds. The molecule has 0 saturated carbocycles. The third-order valence-corrected chi connectivity index (χ3v) is 6.05. The second-order valence-corrected chi connectivity index (χ2v) is 8.36. The van der Waals surface area contributed by atoms with Gasteiger partial charge in [-0.3, -0.25) is 4.79 Å². The minimum Gasteiger partial charge on any atom is -0.497 e. The average Bonchev–Trinajstić information content (AvgIpc) is 2.95. The number of methoxy groups -OCH3 is 2. The van der Waals surface area contributed by atoms with E-state index in [2.05, 4.69) is 5.32 Å². The Morgan fingerprint density at radius 2 is 1.59 bits per heavy atom. The van der Waals surface area contributed by atoms with Gasteiger partial charge in [0.2, 0.25) is 5.91 Å². The van der Waals surface area contributed by atoms with Crippen molar-refractivity contribution in [3.63, 3.8) is 0 Å². The third kappa shape index (κ3) is 6.19. The van der Waals surface area contributed by atoms with Gasteiger partial charge in [-0.15, -0.1) is 0 Å². The molecule has 2 atom stereocenters. The molecule has 1 aliphatic heterocycles. The van der Waals surface area contributed by atoms with Gasteiger partial charge in [-0.1, -0.05) is 48.5 Å². The van der Waals surface area contributed by atoms with E-state index in [0.29, 0.717) is 17.1 Å². The smallest absolute Gasteiger partial charge is 0.408 e. The predicted molar refractivity (Wildman–Crippen MR) is 134 cm³/mol. The van der Waals surface area contributed by atoms with Gasteiger partial charge in [0, 0.05) is 18.2 Å². The van der Waals surface area contributed by atoms with E-state index in [1.165, 1.54) is 12.0 Å². The second kappa shape index (κ2) is 11.9. The number of β-lactam (4-membered cyclic amide) rings is 1. The Bertz CT molecular complexity index is 1230. The predicted octanol–water partition coefficient (Wildman–Crippen LogP) is 3.57. The first-order chi connectivity index (χ1) is 18.0. The van der Waals surface area contributed by atoms with Crippen molar-refractivity contribution in [2.24, 2.45) is 0 Å². The zero-order chi connectivity index (χ0) is 26.2.